The van der Waals surface area contributed by atoms with E-state index in [0.717, 1.165) is 166 Å². The Morgan fingerprint density at radius 1 is 0.136 bits per heavy atom. The van der Waals surface area contributed by atoms with Crippen molar-refractivity contribution < 1.29 is 8.83 Å². The van der Waals surface area contributed by atoms with Crippen LogP contribution in [0.3, 0.4) is 0 Å². The molecule has 0 bridgehead atoms. The van der Waals surface area contributed by atoms with Gasteiger partial charge in [0.05, 0.1) is 0 Å². The quantitative estimate of drug-likeness (QED) is 0.106. The predicted molar refractivity (Wildman–Crippen MR) is 450 cm³/mol. The third-order valence-corrected chi connectivity index (χ3v) is 20.3. The highest BCUT2D eigenvalue weighted by Gasteiger charge is 2.27. The average Bonchev–Trinajstić information content (AvgIpc) is 1.56. The van der Waals surface area contributed by atoms with Crippen molar-refractivity contribution in [1.29, 1.82) is 0 Å². The van der Waals surface area contributed by atoms with Gasteiger partial charge in [-0.3, -0.25) is 0 Å². The maximum absolute atomic E-state index is 7.23. The van der Waals surface area contributed by atoms with Gasteiger partial charge in [0.25, 0.3) is 0 Å². The molecule has 20 aromatic rings. The van der Waals surface area contributed by atoms with Crippen molar-refractivity contribution in [2.45, 2.75) is 0 Å². The summed E-state index contributed by atoms with van der Waals surface area (Å²) in [6.07, 6.45) is 0. The maximum atomic E-state index is 7.23. The maximum Gasteiger partial charge on any atom is 0.164 e. The van der Waals surface area contributed by atoms with E-state index < -0.39 is 0 Å². The topological polar surface area (TPSA) is 104 Å². The second-order valence-corrected chi connectivity index (χ2v) is 27.1. The summed E-state index contributed by atoms with van der Waals surface area (Å²) in [5, 5.41) is 3.90. The Kier molecular flexibility index (Phi) is 17.5. The molecule has 110 heavy (non-hydrogen) atoms. The van der Waals surface area contributed by atoms with E-state index in [1.807, 2.05) is 140 Å². The summed E-state index contributed by atoms with van der Waals surface area (Å²) in [5.74, 6) is 3.60. The van der Waals surface area contributed by atoms with E-state index in [0.29, 0.717) is 34.9 Å². The van der Waals surface area contributed by atoms with Crippen molar-refractivity contribution in [3.05, 3.63) is 400 Å². The normalized spacial score (nSPS) is 11.3. The smallest absolute Gasteiger partial charge is 0.164 e. The van der Waals surface area contributed by atoms with Crippen LogP contribution in [0, 0.1) is 0 Å². The molecule has 0 fully saturated rings. The highest BCUT2D eigenvalue weighted by atomic mass is 16.3. The number of hydrogen-bond donors (Lipinski definition) is 0. The van der Waals surface area contributed by atoms with Crippen LogP contribution < -0.4 is 0 Å². The van der Waals surface area contributed by atoms with Crippen molar-refractivity contribution in [2.24, 2.45) is 0 Å². The van der Waals surface area contributed by atoms with Crippen LogP contribution in [0.5, 0.6) is 0 Å². The first-order chi connectivity index (χ1) is 54.5. The van der Waals surface area contributed by atoms with Crippen molar-refractivity contribution >= 4 is 43.9 Å². The van der Waals surface area contributed by atoms with E-state index in [9.17, 15) is 0 Å². The van der Waals surface area contributed by atoms with Crippen LogP contribution in [-0.2, 0) is 0 Å². The minimum absolute atomic E-state index is 0.578. The van der Waals surface area contributed by atoms with Crippen LogP contribution in [0.1, 0.15) is 0 Å². The molecule has 0 N–H and O–H groups in total. The first kappa shape index (κ1) is 65.9. The number of furan rings is 2. The average molecular weight is 1410 g/mol. The Hall–Kier alpha value is -14.9. The van der Waals surface area contributed by atoms with Gasteiger partial charge in [0.15, 0.2) is 34.9 Å². The van der Waals surface area contributed by atoms with Crippen LogP contribution in [-0.4, -0.2) is 29.9 Å². The molecule has 0 atom stereocenters. The van der Waals surface area contributed by atoms with Crippen LogP contribution in [0.2, 0.25) is 0 Å². The van der Waals surface area contributed by atoms with Gasteiger partial charge in [-0.2, -0.15) is 0 Å². The van der Waals surface area contributed by atoms with Gasteiger partial charge in [-0.1, -0.05) is 346 Å². The summed E-state index contributed by atoms with van der Waals surface area (Å²) in [5.41, 5.74) is 26.0. The van der Waals surface area contributed by atoms with Crippen molar-refractivity contribution in [3.63, 3.8) is 0 Å². The monoisotopic (exact) mass is 1410 g/mol. The third-order valence-electron chi connectivity index (χ3n) is 20.3. The molecule has 0 aliphatic carbocycles. The van der Waals surface area contributed by atoms with Gasteiger partial charge in [-0.25, -0.2) is 29.9 Å². The molecule has 516 valence electrons. The fraction of sp³-hybridized carbons (Fsp3) is 0. The lowest BCUT2D eigenvalue weighted by molar-refractivity contribution is 0.671. The second kappa shape index (κ2) is 29.2. The van der Waals surface area contributed by atoms with E-state index in [2.05, 4.69) is 261 Å². The Labute approximate surface area is 636 Å². The molecule has 20 rings (SSSR count). The Balaban J connectivity index is 0.000000149. The van der Waals surface area contributed by atoms with Gasteiger partial charge in [0.2, 0.25) is 0 Å². The van der Waals surface area contributed by atoms with E-state index in [1.54, 1.807) is 0 Å². The summed E-state index contributed by atoms with van der Waals surface area (Å²) < 4.78 is 14.4. The largest absolute Gasteiger partial charge is 0.455 e. The molecular weight excluding hydrogens is 1340 g/mol. The van der Waals surface area contributed by atoms with Crippen molar-refractivity contribution in [1.82, 2.24) is 29.9 Å². The number of aromatic nitrogens is 6. The summed E-state index contributed by atoms with van der Waals surface area (Å²) in [6, 6.07) is 138. The van der Waals surface area contributed by atoms with E-state index >= 15 is 0 Å². The third kappa shape index (κ3) is 12.8. The first-order valence-corrected chi connectivity index (χ1v) is 36.9. The molecule has 0 radical (unpaired) electrons. The van der Waals surface area contributed by atoms with Crippen LogP contribution >= 0.6 is 0 Å². The molecule has 4 heterocycles. The molecule has 0 saturated carbocycles. The molecule has 0 aliphatic rings. The number of hydrogen-bond acceptors (Lipinski definition) is 8. The lowest BCUT2D eigenvalue weighted by atomic mass is 9.91. The van der Waals surface area contributed by atoms with Crippen molar-refractivity contribution in [3.8, 4) is 157 Å². The van der Waals surface area contributed by atoms with Gasteiger partial charge in [-0.15, -0.1) is 0 Å². The standard InChI is InChI=1S/2C51H33N3O/c1-6-18-34(19-7-1)39-32-44(36-22-10-3-11-23-36)47-45(33-39)46-43(31-30-42(48(46)55-47)41-29-17-16-28-40(41)35-20-8-2-9-21-35)51-53-49(37-24-12-4-13-25-37)52-50(54-51)38-26-14-5-15-27-38;1-6-17-34(18-7-1)39-27-16-28-40(31-39)42-29-30-43(51-53-49(37-23-12-4-13-24-37)52-50(54-51)38-25-14-5-15-26-38)46-45-33-41(35-19-8-2-9-20-35)32-44(47(45)55-48(42)46)36-21-10-3-11-22-36/h2*1-33H. The van der Waals surface area contributed by atoms with Crippen molar-refractivity contribution in [2.75, 3.05) is 0 Å². The number of benzene rings is 16. The predicted octanol–water partition coefficient (Wildman–Crippen LogP) is 26.9. The van der Waals surface area contributed by atoms with E-state index in [1.165, 1.54) is 0 Å². The number of rotatable bonds is 14. The fourth-order valence-electron chi connectivity index (χ4n) is 15.0. The molecule has 16 aromatic carbocycles. The SMILES string of the molecule is c1ccc(-c2cc(-c3ccccc3)c3oc4c(-c5ccccc5-c5ccccc5)ccc(-c5nc(-c6ccccc6)nc(-c6ccccc6)n5)c4c3c2)cc1.c1ccc(-c2cccc(-c3ccc(-c4nc(-c5ccccc5)nc(-c5ccccc5)n4)c4c3oc3c(-c5ccccc5)cc(-c5ccccc5)cc34)c2)cc1. The minimum atomic E-state index is 0.578. The lowest BCUT2D eigenvalue weighted by Crippen LogP contribution is -2.00. The molecule has 4 aromatic heterocycles. The molecule has 0 unspecified atom stereocenters. The molecule has 0 saturated heterocycles. The zero-order valence-corrected chi connectivity index (χ0v) is 59.6. The molecule has 0 amide bonds. The summed E-state index contributed by atoms with van der Waals surface area (Å²) >= 11 is 0. The summed E-state index contributed by atoms with van der Waals surface area (Å²) in [7, 11) is 0. The Morgan fingerprint density at radius 3 is 0.773 bits per heavy atom. The first-order valence-electron chi connectivity index (χ1n) is 36.9. The Bertz CT molecular complexity index is 6590. The van der Waals surface area contributed by atoms with Gasteiger partial charge in [0.1, 0.15) is 22.3 Å². The molecule has 8 heteroatoms. The molecule has 8 nitrogen and oxygen atoms in total. The highest BCUT2D eigenvalue weighted by molar-refractivity contribution is 6.21. The van der Waals surface area contributed by atoms with Gasteiger partial charge in [0, 0.05) is 77.2 Å². The second-order valence-electron chi connectivity index (χ2n) is 27.1. The summed E-state index contributed by atoms with van der Waals surface area (Å²) in [4.78, 5) is 30.8. The number of nitrogens with zero attached hydrogens (tertiary/aromatic N) is 6. The lowest BCUT2D eigenvalue weighted by Gasteiger charge is -2.13. The fourth-order valence-corrected chi connectivity index (χ4v) is 15.0. The van der Waals surface area contributed by atoms with E-state index in [-0.39, 0.29) is 0 Å². The van der Waals surface area contributed by atoms with Gasteiger partial charge >= 0.3 is 0 Å². The van der Waals surface area contributed by atoms with Gasteiger partial charge < -0.3 is 8.83 Å². The molecular formula is C102H66N6O2. The summed E-state index contributed by atoms with van der Waals surface area (Å²) in [6.45, 7) is 0. The Morgan fingerprint density at radius 2 is 0.400 bits per heavy atom. The van der Waals surface area contributed by atoms with Crippen LogP contribution in [0.15, 0.2) is 409 Å². The van der Waals surface area contributed by atoms with E-state index in [4.69, 9.17) is 38.7 Å². The number of fused-ring (bicyclic) bond motifs is 6. The van der Waals surface area contributed by atoms with Crippen LogP contribution in [0.4, 0.5) is 0 Å². The molecule has 0 spiro atoms. The zero-order valence-electron chi connectivity index (χ0n) is 59.6. The minimum Gasteiger partial charge on any atom is -0.455 e. The zero-order chi connectivity index (χ0) is 73.1. The highest BCUT2D eigenvalue weighted by Crippen LogP contribution is 2.50. The van der Waals surface area contributed by atoms with Gasteiger partial charge in [-0.05, 0) is 121 Å². The molecule has 0 aliphatic heterocycles. The van der Waals surface area contributed by atoms with Crippen LogP contribution in [0.25, 0.3) is 201 Å².